The quantitative estimate of drug-likeness (QED) is 0.681. The molecule has 1 atom stereocenters. The molecule has 1 aliphatic rings. The van der Waals surface area contributed by atoms with Crippen LogP contribution in [-0.4, -0.2) is 21.3 Å². The van der Waals surface area contributed by atoms with Gasteiger partial charge in [-0.05, 0) is 25.7 Å². The highest BCUT2D eigenvalue weighted by Crippen LogP contribution is 2.21. The van der Waals surface area contributed by atoms with Gasteiger partial charge in [-0.25, -0.2) is 0 Å². The van der Waals surface area contributed by atoms with Gasteiger partial charge in [0.25, 0.3) is 0 Å². The zero-order valence-corrected chi connectivity index (χ0v) is 7.90. The van der Waals surface area contributed by atoms with Crippen LogP contribution in [0.2, 0.25) is 0 Å². The maximum atomic E-state index is 11.3. The van der Waals surface area contributed by atoms with Gasteiger partial charge in [-0.2, -0.15) is 0 Å². The number of nitrogens with two attached hydrogens (primary N) is 1. The second-order valence-electron chi connectivity index (χ2n) is 3.21. The fraction of sp³-hybridized carbons (Fsp3) is 1.00. The van der Waals surface area contributed by atoms with E-state index in [1.54, 1.807) is 0 Å². The second kappa shape index (κ2) is 4.21. The minimum atomic E-state index is -0.584. The first-order valence-electron chi connectivity index (χ1n) is 4.36. The van der Waals surface area contributed by atoms with E-state index in [1.807, 2.05) is 6.92 Å². The zero-order valence-electron chi connectivity index (χ0n) is 7.08. The summed E-state index contributed by atoms with van der Waals surface area (Å²) in [4.78, 5) is 0. The minimum Gasteiger partial charge on any atom is -0.328 e. The normalized spacial score (nSPS) is 35.1. The van der Waals surface area contributed by atoms with E-state index in [4.69, 9.17) is 5.73 Å². The van der Waals surface area contributed by atoms with Crippen molar-refractivity contribution in [3.8, 4) is 0 Å². The Balaban J connectivity index is 2.33. The highest BCUT2D eigenvalue weighted by atomic mass is 32.2. The first-order valence-corrected chi connectivity index (χ1v) is 5.75. The summed E-state index contributed by atoms with van der Waals surface area (Å²) in [5.74, 6) is 0.805. The lowest BCUT2D eigenvalue weighted by molar-refractivity contribution is 0.444. The lowest BCUT2D eigenvalue weighted by Gasteiger charge is -2.24. The Morgan fingerprint density at radius 1 is 1.36 bits per heavy atom. The summed E-state index contributed by atoms with van der Waals surface area (Å²) >= 11 is 0. The fourth-order valence-corrected chi connectivity index (χ4v) is 2.86. The molecule has 0 radical (unpaired) electrons. The number of hydrogen-bond donors (Lipinski definition) is 1. The molecule has 11 heavy (non-hydrogen) atoms. The van der Waals surface area contributed by atoms with Crippen LogP contribution in [0.5, 0.6) is 0 Å². The third-order valence-corrected chi connectivity index (χ3v) is 4.16. The van der Waals surface area contributed by atoms with E-state index in [0.29, 0.717) is 11.3 Å². The Bertz CT molecular complexity index is 141. The van der Waals surface area contributed by atoms with Crippen molar-refractivity contribution in [2.75, 3.05) is 5.75 Å². The summed E-state index contributed by atoms with van der Waals surface area (Å²) in [5, 5.41) is 0.444. The Morgan fingerprint density at radius 2 is 1.91 bits per heavy atom. The van der Waals surface area contributed by atoms with E-state index < -0.39 is 10.8 Å². The lowest BCUT2D eigenvalue weighted by atomic mass is 9.96. The van der Waals surface area contributed by atoms with Gasteiger partial charge in [0.15, 0.2) is 0 Å². The van der Waals surface area contributed by atoms with Crippen LogP contribution < -0.4 is 5.73 Å². The van der Waals surface area contributed by atoms with Gasteiger partial charge >= 0.3 is 0 Å². The summed E-state index contributed by atoms with van der Waals surface area (Å²) in [7, 11) is -0.584. The molecule has 2 N–H and O–H groups in total. The molecule has 0 amide bonds. The van der Waals surface area contributed by atoms with Crippen LogP contribution in [0.1, 0.15) is 32.6 Å². The van der Waals surface area contributed by atoms with Crippen molar-refractivity contribution in [2.24, 2.45) is 5.73 Å². The average Bonchev–Trinajstić information content (AvgIpc) is 2.05. The molecule has 1 unspecified atom stereocenters. The maximum absolute atomic E-state index is 11.3. The Kier molecular flexibility index (Phi) is 3.52. The SMILES string of the molecule is CCS(=O)C1CCC(N)CC1. The topological polar surface area (TPSA) is 43.1 Å². The Hall–Kier alpha value is 0.110. The number of hydrogen-bond acceptors (Lipinski definition) is 2. The molecule has 1 saturated carbocycles. The molecule has 0 saturated heterocycles. The van der Waals surface area contributed by atoms with Gasteiger partial charge in [-0.3, -0.25) is 4.21 Å². The van der Waals surface area contributed by atoms with Crippen LogP contribution in [0.3, 0.4) is 0 Å². The molecule has 1 aliphatic carbocycles. The molecule has 1 fully saturated rings. The molecular weight excluding hydrogens is 158 g/mol. The van der Waals surface area contributed by atoms with Gasteiger partial charge in [0.1, 0.15) is 0 Å². The van der Waals surface area contributed by atoms with Gasteiger partial charge in [0.05, 0.1) is 0 Å². The van der Waals surface area contributed by atoms with Crippen LogP contribution in [0.25, 0.3) is 0 Å². The molecule has 0 bridgehead atoms. The predicted octanol–water partition coefficient (Wildman–Crippen LogP) is 1.02. The number of rotatable bonds is 2. The van der Waals surface area contributed by atoms with Crippen LogP contribution in [0.15, 0.2) is 0 Å². The predicted molar refractivity (Wildman–Crippen MR) is 48.9 cm³/mol. The third kappa shape index (κ3) is 2.56. The van der Waals surface area contributed by atoms with Gasteiger partial charge < -0.3 is 5.73 Å². The molecule has 66 valence electrons. The van der Waals surface area contributed by atoms with Crippen molar-refractivity contribution < 1.29 is 4.21 Å². The van der Waals surface area contributed by atoms with Crippen molar-refractivity contribution in [2.45, 2.75) is 43.9 Å². The highest BCUT2D eigenvalue weighted by Gasteiger charge is 2.21. The van der Waals surface area contributed by atoms with Crippen LogP contribution in [0, 0.1) is 0 Å². The molecule has 3 heteroatoms. The van der Waals surface area contributed by atoms with Gasteiger partial charge in [0.2, 0.25) is 0 Å². The van der Waals surface area contributed by atoms with Gasteiger partial charge in [0, 0.05) is 27.8 Å². The summed E-state index contributed by atoms with van der Waals surface area (Å²) in [6, 6.07) is 0.375. The molecule has 0 spiro atoms. The van der Waals surface area contributed by atoms with Crippen LogP contribution >= 0.6 is 0 Å². The summed E-state index contributed by atoms with van der Waals surface area (Å²) in [6.07, 6.45) is 4.27. The monoisotopic (exact) mass is 175 g/mol. The van der Waals surface area contributed by atoms with Crippen molar-refractivity contribution in [3.05, 3.63) is 0 Å². The molecule has 0 aromatic rings. The van der Waals surface area contributed by atoms with E-state index in [-0.39, 0.29) is 0 Å². The standard InChI is InChI=1S/C8H17NOS/c1-2-11(10)8-5-3-7(9)4-6-8/h7-8H,2-6,9H2,1H3. The first-order chi connectivity index (χ1) is 5.24. The van der Waals surface area contributed by atoms with E-state index in [0.717, 1.165) is 31.4 Å². The zero-order chi connectivity index (χ0) is 8.27. The lowest BCUT2D eigenvalue weighted by Crippen LogP contribution is -2.31. The molecule has 0 heterocycles. The summed E-state index contributed by atoms with van der Waals surface area (Å²) in [6.45, 7) is 1.99. The van der Waals surface area contributed by atoms with E-state index in [9.17, 15) is 4.21 Å². The van der Waals surface area contributed by atoms with Crippen molar-refractivity contribution >= 4 is 10.8 Å². The molecular formula is C8H17NOS. The highest BCUT2D eigenvalue weighted by molar-refractivity contribution is 7.85. The van der Waals surface area contributed by atoms with Gasteiger partial charge in [-0.1, -0.05) is 6.92 Å². The summed E-state index contributed by atoms with van der Waals surface area (Å²) in [5.41, 5.74) is 5.74. The van der Waals surface area contributed by atoms with Crippen LogP contribution in [-0.2, 0) is 10.8 Å². The molecule has 0 aliphatic heterocycles. The largest absolute Gasteiger partial charge is 0.328 e. The van der Waals surface area contributed by atoms with E-state index >= 15 is 0 Å². The van der Waals surface area contributed by atoms with Crippen molar-refractivity contribution in [1.82, 2.24) is 0 Å². The summed E-state index contributed by atoms with van der Waals surface area (Å²) < 4.78 is 11.3. The molecule has 0 aromatic carbocycles. The Morgan fingerprint density at radius 3 is 2.36 bits per heavy atom. The fourth-order valence-electron chi connectivity index (χ4n) is 1.59. The Labute approximate surface area is 71.0 Å². The van der Waals surface area contributed by atoms with E-state index in [1.165, 1.54) is 0 Å². The van der Waals surface area contributed by atoms with E-state index in [2.05, 4.69) is 0 Å². The molecule has 1 rings (SSSR count). The first kappa shape index (κ1) is 9.20. The molecule has 2 nitrogen and oxygen atoms in total. The molecule has 0 aromatic heterocycles. The smallest absolute Gasteiger partial charge is 0.0349 e. The van der Waals surface area contributed by atoms with Crippen molar-refractivity contribution in [3.63, 3.8) is 0 Å². The van der Waals surface area contributed by atoms with Gasteiger partial charge in [-0.15, -0.1) is 0 Å². The van der Waals surface area contributed by atoms with Crippen LogP contribution in [0.4, 0.5) is 0 Å². The average molecular weight is 175 g/mol. The minimum absolute atomic E-state index is 0.375. The maximum Gasteiger partial charge on any atom is 0.0349 e. The van der Waals surface area contributed by atoms with Crippen molar-refractivity contribution in [1.29, 1.82) is 0 Å². The second-order valence-corrected chi connectivity index (χ2v) is 5.21. The third-order valence-electron chi connectivity index (χ3n) is 2.38.